The maximum absolute atomic E-state index is 13.8. The molecule has 5 heteroatoms. The van der Waals surface area contributed by atoms with Gasteiger partial charge in [-0.15, -0.1) is 0 Å². The molecule has 110 valence electrons. The number of halogens is 2. The Morgan fingerprint density at radius 2 is 1.81 bits per heavy atom. The van der Waals surface area contributed by atoms with Crippen LogP contribution in [0.15, 0.2) is 48.5 Å². The van der Waals surface area contributed by atoms with E-state index in [2.05, 4.69) is 5.32 Å². The summed E-state index contributed by atoms with van der Waals surface area (Å²) in [5, 5.41) is 2.94. The summed E-state index contributed by atoms with van der Waals surface area (Å²) in [7, 11) is 0. The lowest BCUT2D eigenvalue weighted by atomic mass is 10.0. The van der Waals surface area contributed by atoms with E-state index >= 15 is 0 Å². The molecule has 0 fully saturated rings. The Bertz CT molecular complexity index is 631. The van der Waals surface area contributed by atoms with Gasteiger partial charge >= 0.3 is 0 Å². The molecule has 2 rings (SSSR count). The summed E-state index contributed by atoms with van der Waals surface area (Å²) >= 11 is 0. The van der Waals surface area contributed by atoms with E-state index in [1.807, 2.05) is 6.07 Å². The van der Waals surface area contributed by atoms with Crippen molar-refractivity contribution < 1.29 is 13.6 Å². The number of rotatable bonds is 5. The molecule has 0 aromatic heterocycles. The molecule has 2 aromatic carbocycles. The van der Waals surface area contributed by atoms with Crippen molar-refractivity contribution in [2.75, 3.05) is 0 Å². The summed E-state index contributed by atoms with van der Waals surface area (Å²) in [6.07, 6.45) is 0. The van der Waals surface area contributed by atoms with Crippen molar-refractivity contribution in [3.8, 4) is 0 Å². The van der Waals surface area contributed by atoms with Gasteiger partial charge in [-0.05, 0) is 30.7 Å². The first-order valence-corrected chi connectivity index (χ1v) is 6.54. The topological polar surface area (TPSA) is 55.1 Å². The molecule has 0 aliphatic rings. The van der Waals surface area contributed by atoms with E-state index < -0.39 is 29.6 Å². The fraction of sp³-hybridized carbons (Fsp3) is 0.188. The third-order valence-corrected chi connectivity index (χ3v) is 3.26. The standard InChI is InChI=1S/C16H16F2N2O/c1-10(13-9-12(17)7-8-14(13)18)20-15(16(19)21)11-5-3-2-4-6-11/h2-10,15,20H,1H3,(H2,19,21)/t10-,15-/m1/s1. The Morgan fingerprint density at radius 1 is 1.14 bits per heavy atom. The maximum atomic E-state index is 13.8. The molecule has 3 N–H and O–H groups in total. The van der Waals surface area contributed by atoms with E-state index in [4.69, 9.17) is 5.73 Å². The normalized spacial score (nSPS) is 13.7. The number of carbonyl (C=O) groups excluding carboxylic acids is 1. The second kappa shape index (κ2) is 6.45. The first-order valence-electron chi connectivity index (χ1n) is 6.54. The molecular formula is C16H16F2N2O. The molecule has 21 heavy (non-hydrogen) atoms. The summed E-state index contributed by atoms with van der Waals surface area (Å²) < 4.78 is 27.0. The van der Waals surface area contributed by atoms with E-state index in [0.29, 0.717) is 5.56 Å². The molecule has 0 aliphatic heterocycles. The first kappa shape index (κ1) is 15.1. The van der Waals surface area contributed by atoms with Gasteiger partial charge in [0.25, 0.3) is 0 Å². The highest BCUT2D eigenvalue weighted by molar-refractivity contribution is 5.81. The largest absolute Gasteiger partial charge is 0.368 e. The smallest absolute Gasteiger partial charge is 0.239 e. The highest BCUT2D eigenvalue weighted by atomic mass is 19.1. The molecule has 1 amide bonds. The summed E-state index contributed by atoms with van der Waals surface area (Å²) in [5.74, 6) is -1.65. The predicted molar refractivity (Wildman–Crippen MR) is 76.3 cm³/mol. The van der Waals surface area contributed by atoms with Crippen LogP contribution in [0.4, 0.5) is 8.78 Å². The summed E-state index contributed by atoms with van der Waals surface area (Å²) in [6, 6.07) is 10.7. The van der Waals surface area contributed by atoms with Crippen LogP contribution in [0.5, 0.6) is 0 Å². The quantitative estimate of drug-likeness (QED) is 0.889. The van der Waals surface area contributed by atoms with Gasteiger partial charge in [-0.1, -0.05) is 30.3 Å². The lowest BCUT2D eigenvalue weighted by molar-refractivity contribution is -0.120. The molecule has 0 radical (unpaired) electrons. The molecule has 0 saturated heterocycles. The van der Waals surface area contributed by atoms with Gasteiger partial charge in [0.15, 0.2) is 0 Å². The van der Waals surface area contributed by atoms with Gasteiger partial charge in [0, 0.05) is 11.6 Å². The van der Waals surface area contributed by atoms with Crippen LogP contribution in [0, 0.1) is 11.6 Å². The first-order chi connectivity index (χ1) is 9.99. The highest BCUT2D eigenvalue weighted by Crippen LogP contribution is 2.22. The Balaban J connectivity index is 2.25. The minimum Gasteiger partial charge on any atom is -0.368 e. The predicted octanol–water partition coefficient (Wildman–Crippen LogP) is 2.84. The number of hydrogen-bond acceptors (Lipinski definition) is 2. The lowest BCUT2D eigenvalue weighted by Crippen LogP contribution is -2.35. The number of primary amides is 1. The van der Waals surface area contributed by atoms with Crippen LogP contribution in [0.1, 0.15) is 30.1 Å². The van der Waals surface area contributed by atoms with Gasteiger partial charge in [-0.25, -0.2) is 8.78 Å². The second-order valence-corrected chi connectivity index (χ2v) is 4.80. The molecule has 0 heterocycles. The number of amides is 1. The van der Waals surface area contributed by atoms with Gasteiger partial charge in [0.2, 0.25) is 5.91 Å². The molecule has 3 nitrogen and oxygen atoms in total. The zero-order chi connectivity index (χ0) is 15.4. The van der Waals surface area contributed by atoms with Crippen molar-refractivity contribution in [2.24, 2.45) is 5.73 Å². The molecule has 0 spiro atoms. The van der Waals surface area contributed by atoms with Crippen molar-refractivity contribution in [2.45, 2.75) is 19.0 Å². The zero-order valence-corrected chi connectivity index (χ0v) is 11.5. The van der Waals surface area contributed by atoms with Gasteiger partial charge in [-0.2, -0.15) is 0 Å². The molecule has 2 atom stereocenters. The monoisotopic (exact) mass is 290 g/mol. The molecule has 0 saturated carbocycles. The fourth-order valence-electron chi connectivity index (χ4n) is 2.17. The number of hydrogen-bond donors (Lipinski definition) is 2. The van der Waals surface area contributed by atoms with Gasteiger partial charge in [0.1, 0.15) is 17.7 Å². The van der Waals surface area contributed by atoms with Crippen LogP contribution < -0.4 is 11.1 Å². The van der Waals surface area contributed by atoms with Crippen LogP contribution in [0.3, 0.4) is 0 Å². The minimum absolute atomic E-state index is 0.150. The number of nitrogens with one attached hydrogen (secondary N) is 1. The average molecular weight is 290 g/mol. The summed E-state index contributed by atoms with van der Waals surface area (Å²) in [4.78, 5) is 11.6. The van der Waals surface area contributed by atoms with Crippen LogP contribution >= 0.6 is 0 Å². The molecule has 0 aliphatic carbocycles. The SMILES string of the molecule is C[C@@H](N[C@@H](C(N)=O)c1ccccc1)c1cc(F)ccc1F. The van der Waals surface area contributed by atoms with Crippen LogP contribution in [0.2, 0.25) is 0 Å². The minimum atomic E-state index is -0.774. The third-order valence-electron chi connectivity index (χ3n) is 3.26. The molecule has 0 unspecified atom stereocenters. The Morgan fingerprint density at radius 3 is 2.43 bits per heavy atom. The average Bonchev–Trinajstić information content (AvgIpc) is 2.47. The van der Waals surface area contributed by atoms with Crippen LogP contribution in [-0.4, -0.2) is 5.91 Å². The molecule has 0 bridgehead atoms. The van der Waals surface area contributed by atoms with Crippen LogP contribution in [0.25, 0.3) is 0 Å². The van der Waals surface area contributed by atoms with Crippen molar-refractivity contribution in [3.63, 3.8) is 0 Å². The fourth-order valence-corrected chi connectivity index (χ4v) is 2.17. The number of nitrogens with two attached hydrogens (primary N) is 1. The third kappa shape index (κ3) is 3.64. The summed E-state index contributed by atoms with van der Waals surface area (Å²) in [5.41, 5.74) is 6.22. The van der Waals surface area contributed by atoms with E-state index in [9.17, 15) is 13.6 Å². The van der Waals surface area contributed by atoms with E-state index in [0.717, 1.165) is 18.2 Å². The highest BCUT2D eigenvalue weighted by Gasteiger charge is 2.22. The summed E-state index contributed by atoms with van der Waals surface area (Å²) in [6.45, 7) is 1.65. The van der Waals surface area contributed by atoms with Gasteiger partial charge < -0.3 is 5.73 Å². The van der Waals surface area contributed by atoms with Gasteiger partial charge in [-0.3, -0.25) is 10.1 Å². The van der Waals surface area contributed by atoms with E-state index in [1.54, 1.807) is 31.2 Å². The van der Waals surface area contributed by atoms with Crippen molar-refractivity contribution in [3.05, 3.63) is 71.3 Å². The molecular weight excluding hydrogens is 274 g/mol. The van der Waals surface area contributed by atoms with Crippen molar-refractivity contribution in [1.29, 1.82) is 0 Å². The lowest BCUT2D eigenvalue weighted by Gasteiger charge is -2.22. The molecule has 2 aromatic rings. The number of benzene rings is 2. The van der Waals surface area contributed by atoms with Crippen LogP contribution in [-0.2, 0) is 4.79 Å². The van der Waals surface area contributed by atoms with Crippen molar-refractivity contribution in [1.82, 2.24) is 5.32 Å². The Hall–Kier alpha value is -2.27. The van der Waals surface area contributed by atoms with E-state index in [1.165, 1.54) is 0 Å². The second-order valence-electron chi connectivity index (χ2n) is 4.80. The maximum Gasteiger partial charge on any atom is 0.239 e. The Kier molecular flexibility index (Phi) is 4.65. The van der Waals surface area contributed by atoms with Crippen molar-refractivity contribution >= 4 is 5.91 Å². The zero-order valence-electron chi connectivity index (χ0n) is 11.5. The Labute approximate surface area is 121 Å². The number of carbonyl (C=O) groups is 1. The van der Waals surface area contributed by atoms with Gasteiger partial charge in [0.05, 0.1) is 0 Å². The van der Waals surface area contributed by atoms with E-state index in [-0.39, 0.29) is 5.56 Å².